The summed E-state index contributed by atoms with van der Waals surface area (Å²) >= 11 is 0. The summed E-state index contributed by atoms with van der Waals surface area (Å²) in [4.78, 5) is 19.5. The van der Waals surface area contributed by atoms with E-state index in [0.717, 1.165) is 35.6 Å². The van der Waals surface area contributed by atoms with Gasteiger partial charge in [-0.15, -0.1) is 0 Å². The number of benzene rings is 3. The molecule has 0 radical (unpaired) electrons. The fourth-order valence-electron chi connectivity index (χ4n) is 5.06. The van der Waals surface area contributed by atoms with Crippen LogP contribution in [0.1, 0.15) is 55.5 Å². The first-order valence-electron chi connectivity index (χ1n) is 12.6. The van der Waals surface area contributed by atoms with E-state index in [9.17, 15) is 9.18 Å². The van der Waals surface area contributed by atoms with Crippen molar-refractivity contribution >= 4 is 22.6 Å². The van der Waals surface area contributed by atoms with Crippen molar-refractivity contribution in [3.8, 4) is 5.75 Å². The number of nitrogens with zero attached hydrogens (tertiary/aromatic N) is 3. The molecule has 0 saturated carbocycles. The highest BCUT2D eigenvalue weighted by atomic mass is 19.1. The average Bonchev–Trinajstić information content (AvgIpc) is 3.42. The lowest BCUT2D eigenvalue weighted by Crippen LogP contribution is -2.24. The molecule has 6 heteroatoms. The third kappa shape index (κ3) is 4.85. The van der Waals surface area contributed by atoms with E-state index in [2.05, 4.69) is 49.6 Å². The molecule has 0 spiro atoms. The maximum Gasteiger partial charge on any atom is 0.227 e. The number of imidazole rings is 1. The molecule has 5 nitrogen and oxygen atoms in total. The number of ether oxygens (including phenoxy) is 1. The van der Waals surface area contributed by atoms with Gasteiger partial charge in [-0.05, 0) is 66.8 Å². The number of hydrogen-bond acceptors (Lipinski definition) is 3. The second-order valence-electron chi connectivity index (χ2n) is 9.89. The van der Waals surface area contributed by atoms with Gasteiger partial charge in [-0.2, -0.15) is 0 Å². The van der Waals surface area contributed by atoms with Crippen LogP contribution in [0.25, 0.3) is 11.0 Å². The molecule has 1 aliphatic heterocycles. The predicted molar refractivity (Wildman–Crippen MR) is 141 cm³/mol. The van der Waals surface area contributed by atoms with Crippen LogP contribution in [0, 0.1) is 12.7 Å². The minimum absolute atomic E-state index is 0.00629. The summed E-state index contributed by atoms with van der Waals surface area (Å²) in [6, 6.07) is 20.7. The third-order valence-corrected chi connectivity index (χ3v) is 6.87. The Balaban J connectivity index is 1.34. The van der Waals surface area contributed by atoms with Crippen molar-refractivity contribution in [1.29, 1.82) is 0 Å². The average molecular weight is 486 g/mol. The maximum atomic E-state index is 13.8. The molecule has 5 rings (SSSR count). The van der Waals surface area contributed by atoms with Gasteiger partial charge in [-0.1, -0.05) is 44.2 Å². The Labute approximate surface area is 211 Å². The molecule has 1 saturated heterocycles. The largest absolute Gasteiger partial charge is 0.493 e. The van der Waals surface area contributed by atoms with Crippen LogP contribution in [0.5, 0.6) is 5.75 Å². The van der Waals surface area contributed by atoms with Gasteiger partial charge in [0.15, 0.2) is 0 Å². The van der Waals surface area contributed by atoms with Crippen molar-refractivity contribution in [2.45, 2.75) is 52.0 Å². The van der Waals surface area contributed by atoms with Gasteiger partial charge < -0.3 is 14.2 Å². The molecule has 4 aromatic rings. The van der Waals surface area contributed by atoms with Crippen LogP contribution in [-0.2, 0) is 11.3 Å². The van der Waals surface area contributed by atoms with Crippen LogP contribution in [0.2, 0.25) is 0 Å². The molecule has 1 aromatic heterocycles. The molecule has 186 valence electrons. The second-order valence-corrected chi connectivity index (χ2v) is 9.89. The van der Waals surface area contributed by atoms with Gasteiger partial charge in [0, 0.05) is 31.1 Å². The quantitative estimate of drug-likeness (QED) is 0.264. The van der Waals surface area contributed by atoms with E-state index in [1.165, 1.54) is 23.3 Å². The summed E-state index contributed by atoms with van der Waals surface area (Å²) in [5.74, 6) is 1.84. The molecular weight excluding hydrogens is 453 g/mol. The number of anilines is 1. The van der Waals surface area contributed by atoms with Gasteiger partial charge in [-0.3, -0.25) is 4.79 Å². The summed E-state index contributed by atoms with van der Waals surface area (Å²) in [6.45, 7) is 8.26. The minimum atomic E-state index is -0.342. The molecule has 0 N–H and O–H groups in total. The van der Waals surface area contributed by atoms with Gasteiger partial charge in [0.05, 0.1) is 17.6 Å². The van der Waals surface area contributed by atoms with Gasteiger partial charge in [0.25, 0.3) is 0 Å². The molecular formula is C30H32FN3O2. The molecule has 1 aliphatic rings. The Bertz CT molecular complexity index is 1390. The van der Waals surface area contributed by atoms with Crippen molar-refractivity contribution in [2.75, 3.05) is 18.1 Å². The second kappa shape index (κ2) is 10.1. The number of halogens is 1. The van der Waals surface area contributed by atoms with Gasteiger partial charge in [0.1, 0.15) is 17.4 Å². The minimum Gasteiger partial charge on any atom is -0.493 e. The lowest BCUT2D eigenvalue weighted by Gasteiger charge is -2.18. The molecule has 0 bridgehead atoms. The summed E-state index contributed by atoms with van der Waals surface area (Å²) in [6.07, 6.45) is 1.17. The van der Waals surface area contributed by atoms with Gasteiger partial charge in [-0.25, -0.2) is 9.37 Å². The third-order valence-electron chi connectivity index (χ3n) is 6.87. The first-order chi connectivity index (χ1) is 17.4. The lowest BCUT2D eigenvalue weighted by molar-refractivity contribution is -0.117. The SMILES string of the molecule is Cc1ccc(C(C)C)c(OCCCn2c(C3CC(=O)N(c4cccc(F)c4)C3)nc3ccccc32)c1. The van der Waals surface area contributed by atoms with Crippen LogP contribution in [0.4, 0.5) is 10.1 Å². The van der Waals surface area contributed by atoms with Gasteiger partial charge >= 0.3 is 0 Å². The number of amides is 1. The molecule has 1 amide bonds. The fraction of sp³-hybridized carbons (Fsp3) is 0.333. The van der Waals surface area contributed by atoms with Crippen molar-refractivity contribution < 1.29 is 13.9 Å². The summed E-state index contributed by atoms with van der Waals surface area (Å²) in [7, 11) is 0. The number of fused-ring (bicyclic) bond motifs is 1. The van der Waals surface area contributed by atoms with Crippen molar-refractivity contribution in [3.63, 3.8) is 0 Å². The number of carbonyl (C=O) groups is 1. The zero-order valence-corrected chi connectivity index (χ0v) is 21.1. The Morgan fingerprint density at radius 3 is 2.72 bits per heavy atom. The topological polar surface area (TPSA) is 47.4 Å². The maximum absolute atomic E-state index is 13.8. The van der Waals surface area contributed by atoms with Crippen molar-refractivity contribution in [2.24, 2.45) is 0 Å². The number of carbonyl (C=O) groups excluding carboxylic acids is 1. The zero-order chi connectivity index (χ0) is 25.2. The summed E-state index contributed by atoms with van der Waals surface area (Å²) < 4.78 is 22.2. The predicted octanol–water partition coefficient (Wildman–Crippen LogP) is 6.60. The van der Waals surface area contributed by atoms with E-state index in [1.54, 1.807) is 17.0 Å². The zero-order valence-electron chi connectivity index (χ0n) is 21.1. The van der Waals surface area contributed by atoms with E-state index < -0.39 is 0 Å². The van der Waals surface area contributed by atoms with Crippen LogP contribution in [0.3, 0.4) is 0 Å². The van der Waals surface area contributed by atoms with E-state index in [0.29, 0.717) is 31.2 Å². The highest BCUT2D eigenvalue weighted by molar-refractivity contribution is 5.96. The van der Waals surface area contributed by atoms with E-state index in [1.807, 2.05) is 18.2 Å². The number of hydrogen-bond donors (Lipinski definition) is 0. The smallest absolute Gasteiger partial charge is 0.227 e. The molecule has 2 heterocycles. The number of para-hydroxylation sites is 2. The Kier molecular flexibility index (Phi) is 6.77. The van der Waals surface area contributed by atoms with Gasteiger partial charge in [0.2, 0.25) is 5.91 Å². The molecule has 0 aliphatic carbocycles. The molecule has 3 aromatic carbocycles. The van der Waals surface area contributed by atoms with Crippen molar-refractivity contribution in [3.05, 3.63) is 89.5 Å². The number of rotatable bonds is 8. The lowest BCUT2D eigenvalue weighted by atomic mass is 10.0. The van der Waals surface area contributed by atoms with E-state index >= 15 is 0 Å². The van der Waals surface area contributed by atoms with Crippen LogP contribution in [0.15, 0.2) is 66.7 Å². The van der Waals surface area contributed by atoms with Crippen LogP contribution in [-0.4, -0.2) is 28.6 Å². The Hall–Kier alpha value is -3.67. The number of aryl methyl sites for hydroxylation is 2. The fourth-order valence-corrected chi connectivity index (χ4v) is 5.06. The highest BCUT2D eigenvalue weighted by Gasteiger charge is 2.35. The monoisotopic (exact) mass is 485 g/mol. The first-order valence-corrected chi connectivity index (χ1v) is 12.6. The van der Waals surface area contributed by atoms with E-state index in [4.69, 9.17) is 9.72 Å². The molecule has 1 unspecified atom stereocenters. The molecule has 1 fully saturated rings. The standard InChI is InChI=1S/C30H32FN3O2/c1-20(2)25-13-12-21(3)16-28(25)36-15-7-14-33-27-11-5-4-10-26(27)32-30(33)22-17-29(35)34(19-22)24-9-6-8-23(31)18-24/h4-6,8-13,16,18,20,22H,7,14-15,17,19H2,1-3H3. The number of aromatic nitrogens is 2. The van der Waals surface area contributed by atoms with Crippen LogP contribution >= 0.6 is 0 Å². The summed E-state index contributed by atoms with van der Waals surface area (Å²) in [5, 5.41) is 0. The van der Waals surface area contributed by atoms with E-state index in [-0.39, 0.29) is 17.6 Å². The van der Waals surface area contributed by atoms with Crippen LogP contribution < -0.4 is 9.64 Å². The highest BCUT2D eigenvalue weighted by Crippen LogP contribution is 2.34. The Morgan fingerprint density at radius 2 is 1.92 bits per heavy atom. The normalized spacial score (nSPS) is 15.9. The molecule has 36 heavy (non-hydrogen) atoms. The molecule has 1 atom stereocenters. The Morgan fingerprint density at radius 1 is 1.08 bits per heavy atom. The summed E-state index contributed by atoms with van der Waals surface area (Å²) in [5.41, 5.74) is 4.98. The van der Waals surface area contributed by atoms with Crippen molar-refractivity contribution in [1.82, 2.24) is 9.55 Å². The first kappa shape index (κ1) is 24.0.